The van der Waals surface area contributed by atoms with Crippen molar-refractivity contribution in [1.82, 2.24) is 30.1 Å². The molecule has 0 aliphatic heterocycles. The number of benzene rings is 1. The van der Waals surface area contributed by atoms with Crippen LogP contribution < -0.4 is 5.56 Å². The number of thiophene rings is 1. The van der Waals surface area contributed by atoms with E-state index in [0.717, 1.165) is 47.2 Å². The Morgan fingerprint density at radius 3 is 2.81 bits per heavy atom. The molecular weight excluding hydrogens is 420 g/mol. The van der Waals surface area contributed by atoms with Crippen molar-refractivity contribution in [2.75, 3.05) is 0 Å². The van der Waals surface area contributed by atoms with Crippen molar-refractivity contribution in [1.29, 1.82) is 0 Å². The minimum Gasteiger partial charge on any atom is -0.322 e. The van der Waals surface area contributed by atoms with Gasteiger partial charge in [-0.1, -0.05) is 37.5 Å². The van der Waals surface area contributed by atoms with Gasteiger partial charge in [-0.05, 0) is 64.7 Å². The smallest absolute Gasteiger partial charge is 0.252 e. The summed E-state index contributed by atoms with van der Waals surface area (Å²) in [4.78, 5) is 19.5. The van der Waals surface area contributed by atoms with Gasteiger partial charge in [0.1, 0.15) is 0 Å². The second kappa shape index (κ2) is 9.34. The fraction of sp³-hybridized carbons (Fsp3) is 0.417. The van der Waals surface area contributed by atoms with Crippen LogP contribution in [-0.4, -0.2) is 30.1 Å². The molecule has 1 saturated carbocycles. The summed E-state index contributed by atoms with van der Waals surface area (Å²) in [6.07, 6.45) is 6.02. The van der Waals surface area contributed by atoms with Crippen LogP contribution in [0.5, 0.6) is 0 Å². The molecule has 5 rings (SSSR count). The van der Waals surface area contributed by atoms with Crippen LogP contribution in [0.15, 0.2) is 46.6 Å². The molecule has 0 spiro atoms. The van der Waals surface area contributed by atoms with Crippen molar-refractivity contribution in [3.05, 3.63) is 74.0 Å². The topological polar surface area (TPSA) is 79.7 Å². The molecule has 0 atom stereocenters. The number of H-pyrrole nitrogens is 1. The summed E-state index contributed by atoms with van der Waals surface area (Å²) in [5.74, 6) is 0.876. The average molecular weight is 449 g/mol. The Balaban J connectivity index is 1.43. The Hall–Kier alpha value is -2.84. The Kier molecular flexibility index (Phi) is 6.14. The number of rotatable bonds is 7. The van der Waals surface area contributed by atoms with E-state index in [2.05, 4.69) is 55.1 Å². The highest BCUT2D eigenvalue weighted by molar-refractivity contribution is 7.09. The van der Waals surface area contributed by atoms with Gasteiger partial charge in [0.2, 0.25) is 0 Å². The second-order valence-corrected chi connectivity index (χ2v) is 9.80. The third kappa shape index (κ3) is 4.66. The van der Waals surface area contributed by atoms with Crippen molar-refractivity contribution in [3.8, 4) is 0 Å². The summed E-state index contributed by atoms with van der Waals surface area (Å²) in [5.41, 5.74) is 2.74. The zero-order chi connectivity index (χ0) is 21.9. The van der Waals surface area contributed by atoms with Gasteiger partial charge in [0.05, 0.1) is 12.6 Å². The predicted octanol–water partition coefficient (Wildman–Crippen LogP) is 4.59. The van der Waals surface area contributed by atoms with Crippen LogP contribution in [0, 0.1) is 6.92 Å². The molecule has 1 aromatic carbocycles. The molecule has 3 heterocycles. The summed E-state index contributed by atoms with van der Waals surface area (Å²) in [7, 11) is 0. The zero-order valence-corrected chi connectivity index (χ0v) is 19.1. The van der Waals surface area contributed by atoms with E-state index in [1.54, 1.807) is 11.3 Å². The number of nitrogens with zero attached hydrogens (tertiary/aromatic N) is 5. The first-order chi connectivity index (χ1) is 15.7. The van der Waals surface area contributed by atoms with Crippen molar-refractivity contribution >= 4 is 22.2 Å². The third-order valence-electron chi connectivity index (χ3n) is 6.28. The van der Waals surface area contributed by atoms with Crippen molar-refractivity contribution in [2.45, 2.75) is 64.7 Å². The average Bonchev–Trinajstić information content (AvgIpc) is 3.47. The lowest BCUT2D eigenvalue weighted by molar-refractivity contribution is 0.227. The fourth-order valence-electron chi connectivity index (χ4n) is 4.63. The summed E-state index contributed by atoms with van der Waals surface area (Å²) < 4.78 is 2.02. The first-order valence-corrected chi connectivity index (χ1v) is 12.2. The molecule has 1 aliphatic carbocycles. The minimum atomic E-state index is -0.0360. The van der Waals surface area contributed by atoms with E-state index in [4.69, 9.17) is 0 Å². The van der Waals surface area contributed by atoms with E-state index in [0.29, 0.717) is 19.1 Å². The van der Waals surface area contributed by atoms with Gasteiger partial charge in [0.25, 0.3) is 5.56 Å². The zero-order valence-electron chi connectivity index (χ0n) is 18.3. The number of aromatic nitrogens is 5. The molecular formula is C24H28N6OS. The van der Waals surface area contributed by atoms with Crippen LogP contribution in [0.3, 0.4) is 0 Å². The number of hydrogen-bond donors (Lipinski definition) is 1. The van der Waals surface area contributed by atoms with E-state index in [-0.39, 0.29) is 5.56 Å². The molecule has 0 radical (unpaired) electrons. The number of aromatic amines is 1. The van der Waals surface area contributed by atoms with Crippen molar-refractivity contribution in [2.24, 2.45) is 0 Å². The highest BCUT2D eigenvalue weighted by atomic mass is 32.1. The molecule has 3 aromatic heterocycles. The Labute approximate surface area is 191 Å². The molecule has 4 aromatic rings. The number of hydrogen-bond acceptors (Lipinski definition) is 6. The van der Waals surface area contributed by atoms with E-state index in [1.165, 1.54) is 24.1 Å². The van der Waals surface area contributed by atoms with Gasteiger partial charge in [-0.2, -0.15) is 0 Å². The molecule has 0 unspecified atom stereocenters. The van der Waals surface area contributed by atoms with E-state index in [9.17, 15) is 4.79 Å². The van der Waals surface area contributed by atoms with Crippen LogP contribution >= 0.6 is 11.3 Å². The summed E-state index contributed by atoms with van der Waals surface area (Å²) >= 11 is 1.73. The Morgan fingerprint density at radius 2 is 2.00 bits per heavy atom. The van der Waals surface area contributed by atoms with Crippen LogP contribution in [0.1, 0.15) is 60.0 Å². The molecule has 166 valence electrons. The van der Waals surface area contributed by atoms with Crippen LogP contribution in [-0.2, 0) is 19.6 Å². The number of tetrazole rings is 1. The number of nitrogens with one attached hydrogen (secondary N) is 1. The van der Waals surface area contributed by atoms with E-state index < -0.39 is 0 Å². The normalized spacial score (nSPS) is 15.1. The number of aryl methyl sites for hydroxylation is 1. The first kappa shape index (κ1) is 21.0. The van der Waals surface area contributed by atoms with Gasteiger partial charge in [0.15, 0.2) is 5.82 Å². The first-order valence-electron chi connectivity index (χ1n) is 11.3. The molecule has 0 amide bonds. The Bertz CT molecular complexity index is 1240. The van der Waals surface area contributed by atoms with Gasteiger partial charge < -0.3 is 4.98 Å². The molecule has 0 saturated heterocycles. The maximum Gasteiger partial charge on any atom is 0.252 e. The molecule has 8 heteroatoms. The lowest BCUT2D eigenvalue weighted by Crippen LogP contribution is -2.28. The lowest BCUT2D eigenvalue weighted by atomic mass is 9.95. The molecule has 32 heavy (non-hydrogen) atoms. The Morgan fingerprint density at radius 1 is 1.12 bits per heavy atom. The highest BCUT2D eigenvalue weighted by Gasteiger charge is 2.22. The van der Waals surface area contributed by atoms with Gasteiger partial charge in [-0.3, -0.25) is 9.69 Å². The van der Waals surface area contributed by atoms with Gasteiger partial charge in [-0.15, -0.1) is 16.4 Å². The lowest BCUT2D eigenvalue weighted by Gasteiger charge is -2.25. The maximum atomic E-state index is 12.9. The molecule has 1 fully saturated rings. The predicted molar refractivity (Wildman–Crippen MR) is 127 cm³/mol. The van der Waals surface area contributed by atoms with Crippen LogP contribution in [0.25, 0.3) is 10.9 Å². The molecule has 1 N–H and O–H groups in total. The van der Waals surface area contributed by atoms with Crippen LogP contribution in [0.4, 0.5) is 0 Å². The summed E-state index contributed by atoms with van der Waals surface area (Å²) in [6.45, 7) is 3.92. The van der Waals surface area contributed by atoms with Crippen LogP contribution in [0.2, 0.25) is 0 Å². The van der Waals surface area contributed by atoms with E-state index in [1.807, 2.05) is 23.7 Å². The highest BCUT2D eigenvalue weighted by Crippen LogP contribution is 2.28. The number of fused-ring (bicyclic) bond motifs is 1. The summed E-state index contributed by atoms with van der Waals surface area (Å²) in [5, 5.41) is 15.8. The number of pyridine rings is 1. The SMILES string of the molecule is Cc1ccc2cc(CN(Cc3cccs3)Cc3nnnn3C3CCCCC3)c(=O)[nH]c2c1. The minimum absolute atomic E-state index is 0.0360. The monoisotopic (exact) mass is 448 g/mol. The second-order valence-electron chi connectivity index (χ2n) is 8.77. The molecule has 7 nitrogen and oxygen atoms in total. The molecule has 0 bridgehead atoms. The standard InChI is InChI=1S/C24H28N6OS/c1-17-9-10-18-13-19(24(31)25-22(18)12-17)14-29(15-21-8-5-11-32-21)16-23-26-27-28-30(23)20-6-3-2-4-7-20/h5,8-13,20H,2-4,6-7,14-16H2,1H3,(H,25,31). The van der Waals surface area contributed by atoms with Gasteiger partial charge in [0, 0.05) is 29.0 Å². The van der Waals surface area contributed by atoms with Gasteiger partial charge >= 0.3 is 0 Å². The summed E-state index contributed by atoms with van der Waals surface area (Å²) in [6, 6.07) is 12.7. The van der Waals surface area contributed by atoms with Crippen molar-refractivity contribution in [3.63, 3.8) is 0 Å². The largest absolute Gasteiger partial charge is 0.322 e. The molecule has 1 aliphatic rings. The van der Waals surface area contributed by atoms with Gasteiger partial charge in [-0.25, -0.2) is 4.68 Å². The quantitative estimate of drug-likeness (QED) is 0.447. The third-order valence-corrected chi connectivity index (χ3v) is 7.14. The maximum absolute atomic E-state index is 12.9. The van der Waals surface area contributed by atoms with Crippen molar-refractivity contribution < 1.29 is 0 Å². The van der Waals surface area contributed by atoms with E-state index >= 15 is 0 Å². The fourth-order valence-corrected chi connectivity index (χ4v) is 5.38.